The molecule has 0 aliphatic rings. The van der Waals surface area contributed by atoms with E-state index in [1.54, 1.807) is 7.05 Å². The zero-order valence-electron chi connectivity index (χ0n) is 10.1. The summed E-state index contributed by atoms with van der Waals surface area (Å²) in [5.74, 6) is -0.760. The standard InChI is InChI=1S/C13H19NO2/c1-9-4-5-11(10(2)6-9)7-12(14-3)8-13(15)16/h4-6,12,14H,7-8H2,1-3H3,(H,15,16). The summed E-state index contributed by atoms with van der Waals surface area (Å²) in [7, 11) is 1.80. The lowest BCUT2D eigenvalue weighted by Crippen LogP contribution is -2.30. The van der Waals surface area contributed by atoms with Crippen LogP contribution in [0.25, 0.3) is 0 Å². The molecular formula is C13H19NO2. The number of hydrogen-bond acceptors (Lipinski definition) is 2. The molecule has 3 heteroatoms. The average molecular weight is 221 g/mol. The fraction of sp³-hybridized carbons (Fsp3) is 0.462. The Balaban J connectivity index is 2.73. The molecule has 0 saturated carbocycles. The van der Waals surface area contributed by atoms with Crippen LogP contribution in [0.1, 0.15) is 23.1 Å². The van der Waals surface area contributed by atoms with Gasteiger partial charge in [0.15, 0.2) is 0 Å². The lowest BCUT2D eigenvalue weighted by Gasteiger charge is -2.15. The van der Waals surface area contributed by atoms with E-state index < -0.39 is 5.97 Å². The van der Waals surface area contributed by atoms with Crippen LogP contribution in [0.15, 0.2) is 18.2 Å². The second-order valence-electron chi connectivity index (χ2n) is 4.22. The van der Waals surface area contributed by atoms with Gasteiger partial charge in [-0.05, 0) is 38.4 Å². The first kappa shape index (κ1) is 12.7. The SMILES string of the molecule is CNC(CC(=O)O)Cc1ccc(C)cc1C. The van der Waals surface area contributed by atoms with Gasteiger partial charge in [0.05, 0.1) is 6.42 Å². The number of carboxylic acids is 1. The normalized spacial score (nSPS) is 12.4. The molecule has 1 rings (SSSR count). The molecule has 1 atom stereocenters. The Labute approximate surface area is 96.5 Å². The maximum absolute atomic E-state index is 10.7. The van der Waals surface area contributed by atoms with E-state index in [0.717, 1.165) is 6.42 Å². The summed E-state index contributed by atoms with van der Waals surface area (Å²) in [5.41, 5.74) is 3.68. The van der Waals surface area contributed by atoms with E-state index in [4.69, 9.17) is 5.11 Å². The third-order valence-corrected chi connectivity index (χ3v) is 2.79. The molecular weight excluding hydrogens is 202 g/mol. The maximum atomic E-state index is 10.7. The minimum Gasteiger partial charge on any atom is -0.481 e. The van der Waals surface area contributed by atoms with Gasteiger partial charge < -0.3 is 10.4 Å². The van der Waals surface area contributed by atoms with E-state index in [0.29, 0.717) is 0 Å². The smallest absolute Gasteiger partial charge is 0.304 e. The molecule has 0 aromatic heterocycles. The Morgan fingerprint density at radius 2 is 2.12 bits per heavy atom. The number of benzene rings is 1. The van der Waals surface area contributed by atoms with Crippen molar-refractivity contribution in [2.75, 3.05) is 7.05 Å². The van der Waals surface area contributed by atoms with E-state index in [-0.39, 0.29) is 12.5 Å². The zero-order valence-corrected chi connectivity index (χ0v) is 10.1. The van der Waals surface area contributed by atoms with Crippen LogP contribution in [0.5, 0.6) is 0 Å². The molecule has 16 heavy (non-hydrogen) atoms. The third-order valence-electron chi connectivity index (χ3n) is 2.79. The number of likely N-dealkylation sites (N-methyl/N-ethyl adjacent to an activating group) is 1. The summed E-state index contributed by atoms with van der Waals surface area (Å²) in [4.78, 5) is 10.7. The van der Waals surface area contributed by atoms with Crippen molar-refractivity contribution >= 4 is 5.97 Å². The highest BCUT2D eigenvalue weighted by molar-refractivity contribution is 5.67. The third kappa shape index (κ3) is 3.66. The molecule has 1 unspecified atom stereocenters. The van der Waals surface area contributed by atoms with Gasteiger partial charge in [-0.1, -0.05) is 23.8 Å². The molecule has 0 aliphatic heterocycles. The number of aliphatic carboxylic acids is 1. The molecule has 88 valence electrons. The fourth-order valence-corrected chi connectivity index (χ4v) is 1.83. The predicted octanol–water partition coefficient (Wildman–Crippen LogP) is 1.91. The molecule has 1 aromatic carbocycles. The van der Waals surface area contributed by atoms with Crippen LogP contribution in [-0.2, 0) is 11.2 Å². The van der Waals surface area contributed by atoms with E-state index in [2.05, 4.69) is 37.4 Å². The Morgan fingerprint density at radius 1 is 1.44 bits per heavy atom. The maximum Gasteiger partial charge on any atom is 0.304 e. The molecule has 0 saturated heterocycles. The van der Waals surface area contributed by atoms with Gasteiger partial charge in [-0.3, -0.25) is 4.79 Å². The van der Waals surface area contributed by atoms with Crippen molar-refractivity contribution in [1.29, 1.82) is 0 Å². The van der Waals surface area contributed by atoms with Gasteiger partial charge in [-0.15, -0.1) is 0 Å². The molecule has 0 amide bonds. The molecule has 3 nitrogen and oxygen atoms in total. The lowest BCUT2D eigenvalue weighted by molar-refractivity contribution is -0.137. The minimum atomic E-state index is -0.760. The first-order chi connectivity index (χ1) is 7.52. The molecule has 1 aromatic rings. The van der Waals surface area contributed by atoms with Gasteiger partial charge in [-0.2, -0.15) is 0 Å². The van der Waals surface area contributed by atoms with Gasteiger partial charge in [0.1, 0.15) is 0 Å². The monoisotopic (exact) mass is 221 g/mol. The Bertz CT molecular complexity index is 374. The number of carboxylic acid groups (broad SMARTS) is 1. The van der Waals surface area contributed by atoms with Crippen LogP contribution in [-0.4, -0.2) is 24.2 Å². The van der Waals surface area contributed by atoms with Crippen molar-refractivity contribution in [2.45, 2.75) is 32.7 Å². The van der Waals surface area contributed by atoms with E-state index in [1.807, 2.05) is 0 Å². The van der Waals surface area contributed by atoms with Crippen molar-refractivity contribution < 1.29 is 9.90 Å². The van der Waals surface area contributed by atoms with Crippen LogP contribution in [0.3, 0.4) is 0 Å². The fourth-order valence-electron chi connectivity index (χ4n) is 1.83. The molecule has 2 N–H and O–H groups in total. The second-order valence-corrected chi connectivity index (χ2v) is 4.22. The largest absolute Gasteiger partial charge is 0.481 e. The van der Waals surface area contributed by atoms with Gasteiger partial charge in [0.25, 0.3) is 0 Å². The topological polar surface area (TPSA) is 49.3 Å². The summed E-state index contributed by atoms with van der Waals surface area (Å²) >= 11 is 0. The molecule has 0 aliphatic carbocycles. The van der Waals surface area contributed by atoms with E-state index >= 15 is 0 Å². The van der Waals surface area contributed by atoms with Gasteiger partial charge in [0.2, 0.25) is 0 Å². The number of carbonyl (C=O) groups is 1. The highest BCUT2D eigenvalue weighted by Crippen LogP contribution is 2.13. The van der Waals surface area contributed by atoms with Crippen molar-refractivity contribution in [3.05, 3.63) is 34.9 Å². The summed E-state index contributed by atoms with van der Waals surface area (Å²) in [5, 5.41) is 11.8. The first-order valence-electron chi connectivity index (χ1n) is 5.48. The number of rotatable bonds is 5. The summed E-state index contributed by atoms with van der Waals surface area (Å²) in [6, 6.07) is 6.27. The number of nitrogens with one attached hydrogen (secondary N) is 1. The highest BCUT2D eigenvalue weighted by Gasteiger charge is 2.12. The highest BCUT2D eigenvalue weighted by atomic mass is 16.4. The Kier molecular flexibility index (Phi) is 4.50. The number of hydrogen-bond donors (Lipinski definition) is 2. The molecule has 0 radical (unpaired) electrons. The first-order valence-corrected chi connectivity index (χ1v) is 5.48. The summed E-state index contributed by atoms with van der Waals surface area (Å²) < 4.78 is 0. The van der Waals surface area contributed by atoms with Crippen molar-refractivity contribution in [1.82, 2.24) is 5.32 Å². The number of aryl methyl sites for hydroxylation is 2. The van der Waals surface area contributed by atoms with Crippen LogP contribution >= 0.6 is 0 Å². The molecule has 0 bridgehead atoms. The molecule has 0 heterocycles. The van der Waals surface area contributed by atoms with E-state index in [9.17, 15) is 4.79 Å². The van der Waals surface area contributed by atoms with E-state index in [1.165, 1.54) is 16.7 Å². The van der Waals surface area contributed by atoms with Crippen molar-refractivity contribution in [3.8, 4) is 0 Å². The van der Waals surface area contributed by atoms with Crippen LogP contribution in [0, 0.1) is 13.8 Å². The Hall–Kier alpha value is -1.35. The van der Waals surface area contributed by atoms with Crippen molar-refractivity contribution in [3.63, 3.8) is 0 Å². The Morgan fingerprint density at radius 3 is 2.62 bits per heavy atom. The lowest BCUT2D eigenvalue weighted by atomic mass is 9.98. The predicted molar refractivity (Wildman–Crippen MR) is 64.7 cm³/mol. The molecule has 0 fully saturated rings. The van der Waals surface area contributed by atoms with Gasteiger partial charge >= 0.3 is 5.97 Å². The quantitative estimate of drug-likeness (QED) is 0.798. The van der Waals surface area contributed by atoms with Crippen LogP contribution < -0.4 is 5.32 Å². The second kappa shape index (κ2) is 5.66. The van der Waals surface area contributed by atoms with Crippen LogP contribution in [0.4, 0.5) is 0 Å². The summed E-state index contributed by atoms with van der Waals surface area (Å²) in [6.07, 6.45) is 0.915. The van der Waals surface area contributed by atoms with Crippen LogP contribution in [0.2, 0.25) is 0 Å². The van der Waals surface area contributed by atoms with Gasteiger partial charge in [0, 0.05) is 6.04 Å². The minimum absolute atomic E-state index is 0.00101. The average Bonchev–Trinajstić information content (AvgIpc) is 2.20. The zero-order chi connectivity index (χ0) is 12.1. The van der Waals surface area contributed by atoms with Crippen molar-refractivity contribution in [2.24, 2.45) is 0 Å². The molecule has 0 spiro atoms. The summed E-state index contributed by atoms with van der Waals surface area (Å²) in [6.45, 7) is 4.12. The van der Waals surface area contributed by atoms with Gasteiger partial charge in [-0.25, -0.2) is 0 Å².